The van der Waals surface area contributed by atoms with Gasteiger partial charge in [0.15, 0.2) is 0 Å². The summed E-state index contributed by atoms with van der Waals surface area (Å²) in [5, 5.41) is 18.9. The average molecular weight is 458 g/mol. The van der Waals surface area contributed by atoms with Gasteiger partial charge >= 0.3 is 0 Å². The summed E-state index contributed by atoms with van der Waals surface area (Å²) in [6, 6.07) is 13.2. The number of morpholine rings is 1. The van der Waals surface area contributed by atoms with Crippen LogP contribution in [0.5, 0.6) is 0 Å². The number of nitro groups is 1. The predicted molar refractivity (Wildman–Crippen MR) is 121 cm³/mol. The van der Waals surface area contributed by atoms with Crippen LogP contribution in [-0.4, -0.2) is 37.1 Å². The van der Waals surface area contributed by atoms with Crippen molar-refractivity contribution in [1.29, 1.82) is 0 Å². The van der Waals surface area contributed by atoms with E-state index in [4.69, 9.17) is 16.3 Å². The summed E-state index contributed by atoms with van der Waals surface area (Å²) >= 11 is 7.56. The summed E-state index contributed by atoms with van der Waals surface area (Å²) < 4.78 is 5.40. The number of halogens is 1. The van der Waals surface area contributed by atoms with Crippen LogP contribution in [0.3, 0.4) is 0 Å². The molecule has 1 fully saturated rings. The number of ether oxygens (including phenoxy) is 1. The number of carbonyl (C=O) groups is 1. The molecule has 1 saturated heterocycles. The van der Waals surface area contributed by atoms with Crippen molar-refractivity contribution >= 4 is 40.2 Å². The van der Waals surface area contributed by atoms with Crippen LogP contribution >= 0.6 is 22.9 Å². The third-order valence-corrected chi connectivity index (χ3v) is 6.10. The van der Waals surface area contributed by atoms with Crippen LogP contribution in [-0.2, 0) is 4.74 Å². The lowest BCUT2D eigenvalue weighted by atomic mass is 10.00. The van der Waals surface area contributed by atoms with Gasteiger partial charge in [-0.25, -0.2) is 0 Å². The molecule has 1 amide bonds. The number of nitro benzene ring substituents is 1. The van der Waals surface area contributed by atoms with E-state index in [0.29, 0.717) is 37.0 Å². The molecule has 1 N–H and O–H groups in total. The molecule has 3 aromatic rings. The molecule has 1 aromatic heterocycles. The second kappa shape index (κ2) is 9.47. The van der Waals surface area contributed by atoms with Gasteiger partial charge < -0.3 is 15.0 Å². The molecule has 1 unspecified atom stereocenters. The third kappa shape index (κ3) is 4.87. The molecule has 1 aliphatic heterocycles. The molecule has 0 bridgehead atoms. The number of benzene rings is 2. The van der Waals surface area contributed by atoms with Crippen molar-refractivity contribution in [2.45, 2.75) is 6.04 Å². The van der Waals surface area contributed by atoms with Gasteiger partial charge in [0.1, 0.15) is 0 Å². The largest absolute Gasteiger partial charge is 0.378 e. The van der Waals surface area contributed by atoms with Gasteiger partial charge in [-0.1, -0.05) is 23.7 Å². The topological polar surface area (TPSA) is 84.7 Å². The second-order valence-electron chi connectivity index (χ2n) is 7.07. The molecular weight excluding hydrogens is 438 g/mol. The smallest absolute Gasteiger partial charge is 0.270 e. The molecule has 1 atom stereocenters. The number of non-ortho nitro benzene ring substituents is 1. The molecule has 31 heavy (non-hydrogen) atoms. The van der Waals surface area contributed by atoms with E-state index in [2.05, 4.69) is 5.32 Å². The number of carbonyl (C=O) groups excluding carboxylic acids is 1. The fourth-order valence-electron chi connectivity index (χ4n) is 3.56. The van der Waals surface area contributed by atoms with Crippen LogP contribution in [0.2, 0.25) is 5.02 Å². The van der Waals surface area contributed by atoms with Crippen molar-refractivity contribution < 1.29 is 14.5 Å². The maximum absolute atomic E-state index is 13.4. The van der Waals surface area contributed by atoms with Gasteiger partial charge in [-0.3, -0.25) is 14.9 Å². The minimum Gasteiger partial charge on any atom is -0.378 e. The lowest BCUT2D eigenvalue weighted by molar-refractivity contribution is -0.384. The minimum atomic E-state index is -0.491. The first-order valence-corrected chi connectivity index (χ1v) is 11.0. The molecular formula is C22H20ClN3O4S. The lowest BCUT2D eigenvalue weighted by Crippen LogP contribution is -2.38. The standard InChI is InChI=1S/C22H20ClN3O4S/c23-17-3-1-15(2-4-17)21(16-7-12-31-14-16)24-22(27)19-13-18(26(28)29)5-6-20(19)25-8-10-30-11-9-25/h1-7,12-14,21H,8-11H2,(H,24,27). The molecule has 160 valence electrons. The number of hydrogen-bond donors (Lipinski definition) is 1. The molecule has 2 aromatic carbocycles. The highest BCUT2D eigenvalue weighted by atomic mass is 35.5. The normalized spacial score (nSPS) is 14.8. The molecule has 4 rings (SSSR count). The lowest BCUT2D eigenvalue weighted by Gasteiger charge is -2.30. The van der Waals surface area contributed by atoms with Crippen LogP contribution in [0.15, 0.2) is 59.3 Å². The van der Waals surface area contributed by atoms with Gasteiger partial charge in [-0.15, -0.1) is 0 Å². The van der Waals surface area contributed by atoms with Crippen molar-refractivity contribution in [3.63, 3.8) is 0 Å². The van der Waals surface area contributed by atoms with E-state index in [1.54, 1.807) is 18.2 Å². The van der Waals surface area contributed by atoms with Gasteiger partial charge in [0.2, 0.25) is 0 Å². The van der Waals surface area contributed by atoms with Crippen molar-refractivity contribution in [2.24, 2.45) is 0 Å². The van der Waals surface area contributed by atoms with Crippen molar-refractivity contribution in [2.75, 3.05) is 31.2 Å². The molecule has 0 saturated carbocycles. The van der Waals surface area contributed by atoms with Crippen LogP contribution in [0.1, 0.15) is 27.5 Å². The second-order valence-corrected chi connectivity index (χ2v) is 8.29. The van der Waals surface area contributed by atoms with Crippen LogP contribution < -0.4 is 10.2 Å². The maximum atomic E-state index is 13.4. The molecule has 0 radical (unpaired) electrons. The Morgan fingerprint density at radius 3 is 2.52 bits per heavy atom. The number of nitrogens with one attached hydrogen (secondary N) is 1. The summed E-state index contributed by atoms with van der Waals surface area (Å²) in [6.07, 6.45) is 0. The number of anilines is 1. The van der Waals surface area contributed by atoms with E-state index in [0.717, 1.165) is 11.1 Å². The highest BCUT2D eigenvalue weighted by molar-refractivity contribution is 7.08. The number of rotatable bonds is 6. The van der Waals surface area contributed by atoms with E-state index in [9.17, 15) is 14.9 Å². The van der Waals surface area contributed by atoms with Crippen LogP contribution in [0, 0.1) is 10.1 Å². The Hall–Kier alpha value is -2.94. The fraction of sp³-hybridized carbons (Fsp3) is 0.227. The fourth-order valence-corrected chi connectivity index (χ4v) is 4.37. The Balaban J connectivity index is 1.70. The van der Waals surface area contributed by atoms with Crippen molar-refractivity contribution in [3.05, 3.63) is 91.1 Å². The number of nitrogens with zero attached hydrogens (tertiary/aromatic N) is 2. The molecule has 7 nitrogen and oxygen atoms in total. The number of thiophene rings is 1. The summed E-state index contributed by atoms with van der Waals surface area (Å²) in [6.45, 7) is 2.31. The summed E-state index contributed by atoms with van der Waals surface area (Å²) in [5.74, 6) is -0.378. The van der Waals surface area contributed by atoms with E-state index in [1.807, 2.05) is 33.9 Å². The molecule has 9 heteroatoms. The highest BCUT2D eigenvalue weighted by Gasteiger charge is 2.25. The van der Waals surface area contributed by atoms with Crippen molar-refractivity contribution in [3.8, 4) is 0 Å². The summed E-state index contributed by atoms with van der Waals surface area (Å²) in [5.41, 5.74) is 2.60. The monoisotopic (exact) mass is 457 g/mol. The first-order chi connectivity index (χ1) is 15.0. The van der Waals surface area contributed by atoms with Gasteiger partial charge in [-0.2, -0.15) is 11.3 Å². The average Bonchev–Trinajstić information content (AvgIpc) is 3.33. The predicted octanol–water partition coefficient (Wildman–Crippen LogP) is 4.67. The Bertz CT molecular complexity index is 1070. The zero-order chi connectivity index (χ0) is 21.8. The van der Waals surface area contributed by atoms with Crippen molar-refractivity contribution in [1.82, 2.24) is 5.32 Å². The number of hydrogen-bond acceptors (Lipinski definition) is 6. The third-order valence-electron chi connectivity index (χ3n) is 5.14. The van der Waals surface area contributed by atoms with E-state index < -0.39 is 11.0 Å². The highest BCUT2D eigenvalue weighted by Crippen LogP contribution is 2.30. The SMILES string of the molecule is O=C(NC(c1ccc(Cl)cc1)c1ccsc1)c1cc([N+](=O)[O-])ccc1N1CCOCC1. The van der Waals surface area contributed by atoms with Gasteiger partial charge in [0, 0.05) is 30.2 Å². The van der Waals surface area contributed by atoms with E-state index in [1.165, 1.54) is 23.5 Å². The molecule has 2 heterocycles. The van der Waals surface area contributed by atoms with Crippen LogP contribution in [0.25, 0.3) is 0 Å². The zero-order valence-corrected chi connectivity index (χ0v) is 18.1. The van der Waals surface area contributed by atoms with E-state index >= 15 is 0 Å². The molecule has 0 aliphatic carbocycles. The quantitative estimate of drug-likeness (QED) is 0.429. The summed E-state index contributed by atoms with van der Waals surface area (Å²) in [7, 11) is 0. The van der Waals surface area contributed by atoms with E-state index in [-0.39, 0.29) is 17.2 Å². The first kappa shape index (κ1) is 21.3. The van der Waals surface area contributed by atoms with Crippen LogP contribution in [0.4, 0.5) is 11.4 Å². The molecule has 1 aliphatic rings. The summed E-state index contributed by atoms with van der Waals surface area (Å²) in [4.78, 5) is 26.3. The Labute approximate surface area is 188 Å². The first-order valence-electron chi connectivity index (χ1n) is 9.72. The Kier molecular flexibility index (Phi) is 6.50. The Morgan fingerprint density at radius 1 is 1.13 bits per heavy atom. The van der Waals surface area contributed by atoms with Gasteiger partial charge in [0.05, 0.1) is 35.4 Å². The maximum Gasteiger partial charge on any atom is 0.270 e. The molecule has 0 spiro atoms. The van der Waals surface area contributed by atoms with Gasteiger partial charge in [-0.05, 0) is 46.2 Å². The number of amides is 1. The minimum absolute atomic E-state index is 0.124. The zero-order valence-electron chi connectivity index (χ0n) is 16.5. The Morgan fingerprint density at radius 2 is 1.87 bits per heavy atom. The van der Waals surface area contributed by atoms with Gasteiger partial charge in [0.25, 0.3) is 11.6 Å².